The van der Waals surface area contributed by atoms with E-state index in [1.54, 1.807) is 0 Å². The number of hydrogen-bond donors (Lipinski definition) is 0. The molecule has 2 aliphatic rings. The minimum atomic E-state index is -4.22. The molecule has 0 bridgehead atoms. The molecule has 0 aromatic heterocycles. The van der Waals surface area contributed by atoms with E-state index in [0.717, 1.165) is 24.1 Å². The largest absolute Gasteiger partial charge is 1.00 e. The van der Waals surface area contributed by atoms with Crippen LogP contribution in [0.3, 0.4) is 0 Å². The topological polar surface area (TPSA) is 0 Å². The first-order valence-corrected chi connectivity index (χ1v) is 15.5. The molecule has 6 heteroatoms. The molecule has 3 aromatic rings. The molecule has 5 rings (SSSR count). The molecule has 0 heterocycles. The Morgan fingerprint density at radius 3 is 1.77 bits per heavy atom. The van der Waals surface area contributed by atoms with Crippen molar-refractivity contribution in [3.8, 4) is 11.1 Å². The summed E-state index contributed by atoms with van der Waals surface area (Å²) in [4.78, 5) is 0. The third-order valence-corrected chi connectivity index (χ3v) is 8.22. The van der Waals surface area contributed by atoms with Crippen LogP contribution >= 0.6 is 0 Å². The summed E-state index contributed by atoms with van der Waals surface area (Å²) in [6.07, 6.45) is 2.33. The molecule has 0 saturated carbocycles. The number of alkyl halides is 3. The van der Waals surface area contributed by atoms with Gasteiger partial charge in [0.1, 0.15) is 0 Å². The number of hydrogen-bond acceptors (Lipinski definition) is 0. The second-order valence-corrected chi connectivity index (χ2v) is 13.7. The number of halogens is 5. The number of allylic oxidation sites excluding steroid dienone is 4. The first-order chi connectivity index (χ1) is 18.9. The zero-order valence-electron chi connectivity index (χ0n) is 26.5. The molecule has 0 saturated heterocycles. The molecule has 1 atom stereocenters. The first-order valence-electron chi connectivity index (χ1n) is 14.1. The maximum absolute atomic E-state index is 12.0. The van der Waals surface area contributed by atoms with Gasteiger partial charge in [-0.05, 0) is 28.4 Å². The van der Waals surface area contributed by atoms with Crippen LogP contribution in [0.4, 0.5) is 13.2 Å². The van der Waals surface area contributed by atoms with Crippen LogP contribution < -0.4 is 24.8 Å². The van der Waals surface area contributed by atoms with E-state index in [9.17, 15) is 13.2 Å². The van der Waals surface area contributed by atoms with Crippen molar-refractivity contribution in [3.63, 3.8) is 0 Å². The standard InChI is InChI=1S/C21H25.C8H5F3.C8H11.2ClH.Zr/c1-20(2,3)16-7-9-18-14(12-16)11-15-13-17(21(4,5)6)8-10-19(15)18;1-6-2-4-7(5-3-6)8(9,10)11;1-6-4-7(2)8(3)5-6;;;/h7-10,12H,11H2,1-6H3;1-5H;4,6H,1-3H3;2*1H;/q-1;;-1;;;+2/p-2. The van der Waals surface area contributed by atoms with Gasteiger partial charge in [0.25, 0.3) is 0 Å². The Kier molecular flexibility index (Phi) is 14.2. The minimum Gasteiger partial charge on any atom is -1.00 e. The average molecular weight is 705 g/mol. The van der Waals surface area contributed by atoms with E-state index in [0.29, 0.717) is 5.92 Å². The summed E-state index contributed by atoms with van der Waals surface area (Å²) >= 11 is 1.18. The van der Waals surface area contributed by atoms with Crippen LogP contribution in [0.15, 0.2) is 71.8 Å². The number of fused-ring (bicyclic) bond motifs is 3. The Morgan fingerprint density at radius 1 is 0.791 bits per heavy atom. The number of benzene rings is 3. The van der Waals surface area contributed by atoms with Crippen molar-refractivity contribution in [1.29, 1.82) is 0 Å². The molecular weight excluding hydrogens is 664 g/mol. The molecular formula is C37H41Cl2F3Zr-2. The second-order valence-electron chi connectivity index (χ2n) is 13.0. The van der Waals surface area contributed by atoms with Crippen LogP contribution in [0, 0.1) is 18.1 Å². The normalized spacial score (nSPS) is 15.2. The van der Waals surface area contributed by atoms with Crippen LogP contribution in [0.25, 0.3) is 11.1 Å². The van der Waals surface area contributed by atoms with Crippen molar-refractivity contribution in [2.45, 2.75) is 85.7 Å². The quantitative estimate of drug-likeness (QED) is 0.258. The van der Waals surface area contributed by atoms with Gasteiger partial charge in [0, 0.05) is 0 Å². The summed E-state index contributed by atoms with van der Waals surface area (Å²) in [7, 11) is 0. The van der Waals surface area contributed by atoms with Crippen LogP contribution in [-0.4, -0.2) is 3.71 Å². The van der Waals surface area contributed by atoms with E-state index >= 15 is 0 Å². The fourth-order valence-electron chi connectivity index (χ4n) is 4.79. The molecule has 0 N–H and O–H groups in total. The molecule has 0 fully saturated rings. The van der Waals surface area contributed by atoms with Gasteiger partial charge in [0.15, 0.2) is 0 Å². The zero-order chi connectivity index (χ0) is 30.8. The van der Waals surface area contributed by atoms with Gasteiger partial charge in [-0.15, -0.1) is 18.1 Å². The maximum atomic E-state index is 12.0. The van der Waals surface area contributed by atoms with Gasteiger partial charge in [0.2, 0.25) is 0 Å². The van der Waals surface area contributed by atoms with Gasteiger partial charge < -0.3 is 24.8 Å². The molecule has 0 spiro atoms. The summed E-state index contributed by atoms with van der Waals surface area (Å²) in [5.74, 6) is 0.551. The Balaban J connectivity index is 0.000000357. The van der Waals surface area contributed by atoms with Crippen LogP contribution in [-0.2, 0) is 47.7 Å². The summed E-state index contributed by atoms with van der Waals surface area (Å²) in [6.45, 7) is 20.0. The molecule has 0 radical (unpaired) electrons. The van der Waals surface area contributed by atoms with Crippen molar-refractivity contribution < 1.29 is 62.2 Å². The van der Waals surface area contributed by atoms with Crippen molar-refractivity contribution in [1.82, 2.24) is 0 Å². The summed E-state index contributed by atoms with van der Waals surface area (Å²) in [6, 6.07) is 20.3. The van der Waals surface area contributed by atoms with Gasteiger partial charge in [-0.3, -0.25) is 6.08 Å². The van der Waals surface area contributed by atoms with Gasteiger partial charge in [-0.25, -0.2) is 11.1 Å². The van der Waals surface area contributed by atoms with Gasteiger partial charge in [-0.2, -0.15) is 29.8 Å². The summed E-state index contributed by atoms with van der Waals surface area (Å²) < 4.78 is 37.9. The third-order valence-electron chi connectivity index (χ3n) is 7.40. The molecule has 1 unspecified atom stereocenters. The molecule has 43 heavy (non-hydrogen) atoms. The Bertz CT molecular complexity index is 1370. The summed E-state index contributed by atoms with van der Waals surface area (Å²) in [5.41, 5.74) is 11.6. The fourth-order valence-corrected chi connectivity index (χ4v) is 5.27. The van der Waals surface area contributed by atoms with Gasteiger partial charge in [0.05, 0.1) is 0 Å². The van der Waals surface area contributed by atoms with Crippen molar-refractivity contribution >= 4 is 3.71 Å². The van der Waals surface area contributed by atoms with Gasteiger partial charge in [-0.1, -0.05) is 85.1 Å². The molecule has 0 nitrogen and oxygen atoms in total. The minimum absolute atomic E-state index is 0. The SMILES string of the molecule is CC(C)(C)c1[c-]c2c(cc1)-c1ccc(C(C)(C)C)cc1C2.CC1=[C-]C(C)C=C1C.FC(F)(F)c1ccc([CH]=[Zr+2])cc1.[Cl-].[Cl-]. The van der Waals surface area contributed by atoms with E-state index in [2.05, 4.69) is 111 Å². The summed E-state index contributed by atoms with van der Waals surface area (Å²) in [5, 5.41) is 0. The average Bonchev–Trinajstić information content (AvgIpc) is 3.39. The zero-order valence-corrected chi connectivity index (χ0v) is 30.5. The van der Waals surface area contributed by atoms with Crippen molar-refractivity contribution in [3.05, 3.63) is 117 Å². The maximum Gasteiger partial charge on any atom is -1.00 e. The molecule has 3 aromatic carbocycles. The molecule has 0 aliphatic heterocycles. The van der Waals surface area contributed by atoms with E-state index in [-0.39, 0.29) is 35.6 Å². The number of rotatable bonds is 1. The predicted octanol–water partition coefficient (Wildman–Crippen LogP) is 4.40. The van der Waals surface area contributed by atoms with Crippen LogP contribution in [0.5, 0.6) is 0 Å². The predicted molar refractivity (Wildman–Crippen MR) is 163 cm³/mol. The Labute approximate surface area is 284 Å². The molecule has 2 aliphatic carbocycles. The molecule has 230 valence electrons. The van der Waals surface area contributed by atoms with Gasteiger partial charge >= 0.3 is 82.7 Å². The van der Waals surface area contributed by atoms with E-state index in [1.807, 2.05) is 3.71 Å². The van der Waals surface area contributed by atoms with E-state index < -0.39 is 11.7 Å². The monoisotopic (exact) mass is 702 g/mol. The fraction of sp³-hybridized carbons (Fsp3) is 0.378. The van der Waals surface area contributed by atoms with Crippen molar-refractivity contribution in [2.24, 2.45) is 5.92 Å². The second kappa shape index (κ2) is 15.5. The Hall–Kier alpha value is -1.74. The Morgan fingerprint density at radius 2 is 1.35 bits per heavy atom. The van der Waals surface area contributed by atoms with E-state index in [4.69, 9.17) is 0 Å². The first kappa shape index (κ1) is 39.3. The van der Waals surface area contributed by atoms with Crippen LogP contribution in [0.1, 0.15) is 95.7 Å². The third kappa shape index (κ3) is 10.7. The van der Waals surface area contributed by atoms with Crippen molar-refractivity contribution in [2.75, 3.05) is 0 Å². The smallest absolute Gasteiger partial charge is 1.00 e. The van der Waals surface area contributed by atoms with E-state index in [1.165, 1.54) is 80.9 Å². The molecule has 0 amide bonds. The van der Waals surface area contributed by atoms with Crippen LogP contribution in [0.2, 0.25) is 0 Å².